The number of rotatable bonds is 4. The van der Waals surface area contributed by atoms with Crippen molar-refractivity contribution < 1.29 is 9.59 Å². The molecule has 18 heavy (non-hydrogen) atoms. The summed E-state index contributed by atoms with van der Waals surface area (Å²) in [4.78, 5) is 22.8. The van der Waals surface area contributed by atoms with Gasteiger partial charge in [-0.15, -0.1) is 0 Å². The molecule has 1 aromatic rings. The van der Waals surface area contributed by atoms with E-state index in [1.54, 1.807) is 18.2 Å². The zero-order chi connectivity index (χ0) is 13.1. The summed E-state index contributed by atoms with van der Waals surface area (Å²) < 4.78 is 0. The molecule has 1 aliphatic rings. The first kappa shape index (κ1) is 12.6. The van der Waals surface area contributed by atoms with Gasteiger partial charge in [0, 0.05) is 17.7 Å². The second-order valence-corrected chi connectivity index (χ2v) is 4.67. The van der Waals surface area contributed by atoms with Crippen LogP contribution in [0.2, 0.25) is 0 Å². The van der Waals surface area contributed by atoms with E-state index in [1.807, 2.05) is 6.92 Å². The van der Waals surface area contributed by atoms with Crippen molar-refractivity contribution in [3.05, 3.63) is 29.3 Å². The van der Waals surface area contributed by atoms with Crippen molar-refractivity contribution in [2.24, 2.45) is 11.7 Å². The average molecular weight is 247 g/mol. The first-order valence-corrected chi connectivity index (χ1v) is 5.97. The Morgan fingerprint density at radius 2 is 2.17 bits per heavy atom. The Kier molecular flexibility index (Phi) is 3.62. The number of hydrogen-bond donors (Lipinski definition) is 3. The molecule has 1 aliphatic heterocycles. The lowest BCUT2D eigenvalue weighted by molar-refractivity contribution is -0.117. The van der Waals surface area contributed by atoms with Gasteiger partial charge >= 0.3 is 0 Å². The van der Waals surface area contributed by atoms with E-state index in [1.165, 1.54) is 0 Å². The monoisotopic (exact) mass is 247 g/mol. The highest BCUT2D eigenvalue weighted by molar-refractivity contribution is 5.95. The van der Waals surface area contributed by atoms with Crippen molar-refractivity contribution in [3.8, 4) is 0 Å². The fourth-order valence-electron chi connectivity index (χ4n) is 1.91. The molecule has 1 saturated heterocycles. The lowest BCUT2D eigenvalue weighted by Crippen LogP contribution is -2.43. The highest BCUT2D eigenvalue weighted by atomic mass is 16.2. The van der Waals surface area contributed by atoms with Gasteiger partial charge in [0.15, 0.2) is 0 Å². The van der Waals surface area contributed by atoms with Gasteiger partial charge in [0.1, 0.15) is 0 Å². The van der Waals surface area contributed by atoms with Crippen LogP contribution in [0.25, 0.3) is 0 Å². The lowest BCUT2D eigenvalue weighted by atomic mass is 9.99. The van der Waals surface area contributed by atoms with Gasteiger partial charge in [0.2, 0.25) is 11.8 Å². The minimum absolute atomic E-state index is 0.0106. The molecule has 0 bridgehead atoms. The van der Waals surface area contributed by atoms with Gasteiger partial charge in [-0.3, -0.25) is 9.59 Å². The zero-order valence-electron chi connectivity index (χ0n) is 10.3. The summed E-state index contributed by atoms with van der Waals surface area (Å²) in [6.07, 6.45) is 0.532. The molecule has 0 unspecified atom stereocenters. The van der Waals surface area contributed by atoms with E-state index in [9.17, 15) is 9.59 Å². The van der Waals surface area contributed by atoms with Crippen molar-refractivity contribution in [3.63, 3.8) is 0 Å². The molecule has 2 rings (SSSR count). The van der Waals surface area contributed by atoms with E-state index in [-0.39, 0.29) is 5.91 Å². The van der Waals surface area contributed by atoms with Crippen LogP contribution in [0.5, 0.6) is 0 Å². The molecule has 0 radical (unpaired) electrons. The van der Waals surface area contributed by atoms with Crippen LogP contribution in [0.3, 0.4) is 0 Å². The normalized spacial score (nSPS) is 14.9. The van der Waals surface area contributed by atoms with Crippen LogP contribution in [0.15, 0.2) is 18.2 Å². The molecular formula is C13H17N3O2. The number of benzene rings is 1. The summed E-state index contributed by atoms with van der Waals surface area (Å²) in [5, 5.41) is 5.99. The Hall–Kier alpha value is -1.88. The molecule has 2 amide bonds. The van der Waals surface area contributed by atoms with Crippen LogP contribution in [0.4, 0.5) is 5.69 Å². The second-order valence-electron chi connectivity index (χ2n) is 4.67. The number of nitrogens with one attached hydrogen (secondary N) is 2. The summed E-state index contributed by atoms with van der Waals surface area (Å²) in [5.41, 5.74) is 7.22. The average Bonchev–Trinajstić information content (AvgIpc) is 2.26. The largest absolute Gasteiger partial charge is 0.366 e. The summed E-state index contributed by atoms with van der Waals surface area (Å²) in [5.74, 6) is -0.0110. The SMILES string of the molecule is Cc1cc(C(N)=O)ccc1NC(=O)CC1CNC1. The first-order chi connectivity index (χ1) is 8.56. The maximum absolute atomic E-state index is 11.8. The molecule has 0 aliphatic carbocycles. The van der Waals surface area contributed by atoms with Gasteiger partial charge < -0.3 is 16.4 Å². The minimum atomic E-state index is -0.462. The third-order valence-corrected chi connectivity index (χ3v) is 3.13. The van der Waals surface area contributed by atoms with Crippen molar-refractivity contribution in [1.82, 2.24) is 5.32 Å². The number of hydrogen-bond acceptors (Lipinski definition) is 3. The first-order valence-electron chi connectivity index (χ1n) is 5.97. The van der Waals surface area contributed by atoms with Gasteiger partial charge in [-0.25, -0.2) is 0 Å². The van der Waals surface area contributed by atoms with Crippen molar-refractivity contribution in [2.75, 3.05) is 18.4 Å². The molecule has 0 atom stereocenters. The quantitative estimate of drug-likeness (QED) is 0.730. The smallest absolute Gasteiger partial charge is 0.248 e. The van der Waals surface area contributed by atoms with E-state index in [4.69, 9.17) is 5.73 Å². The molecule has 0 saturated carbocycles. The minimum Gasteiger partial charge on any atom is -0.366 e. The summed E-state index contributed by atoms with van der Waals surface area (Å²) in [7, 11) is 0. The van der Waals surface area contributed by atoms with Gasteiger partial charge in [-0.1, -0.05) is 0 Å². The van der Waals surface area contributed by atoms with Gasteiger partial charge in [-0.05, 0) is 49.7 Å². The molecule has 5 nitrogen and oxygen atoms in total. The molecule has 5 heteroatoms. The molecule has 0 aromatic heterocycles. The fraction of sp³-hybridized carbons (Fsp3) is 0.385. The molecule has 1 fully saturated rings. The molecular weight excluding hydrogens is 230 g/mol. The predicted molar refractivity (Wildman–Crippen MR) is 69.3 cm³/mol. The Morgan fingerprint density at radius 3 is 2.67 bits per heavy atom. The molecule has 1 aromatic carbocycles. The fourth-order valence-corrected chi connectivity index (χ4v) is 1.91. The van der Waals surface area contributed by atoms with Crippen molar-refractivity contribution in [2.45, 2.75) is 13.3 Å². The van der Waals surface area contributed by atoms with Gasteiger partial charge in [0.25, 0.3) is 0 Å². The van der Waals surface area contributed by atoms with Crippen molar-refractivity contribution >= 4 is 17.5 Å². The topological polar surface area (TPSA) is 84.2 Å². The summed E-state index contributed by atoms with van der Waals surface area (Å²) >= 11 is 0. The zero-order valence-corrected chi connectivity index (χ0v) is 10.3. The Labute approximate surface area is 106 Å². The highest BCUT2D eigenvalue weighted by Crippen LogP contribution is 2.18. The Bertz CT molecular complexity index is 481. The molecule has 96 valence electrons. The number of aryl methyl sites for hydroxylation is 1. The van der Waals surface area contributed by atoms with Crippen LogP contribution in [-0.4, -0.2) is 24.9 Å². The van der Waals surface area contributed by atoms with E-state index >= 15 is 0 Å². The van der Waals surface area contributed by atoms with Crippen LogP contribution in [-0.2, 0) is 4.79 Å². The van der Waals surface area contributed by atoms with E-state index in [0.717, 1.165) is 24.3 Å². The number of nitrogens with two attached hydrogens (primary N) is 1. The predicted octanol–water partition coefficient (Wildman–Crippen LogP) is 0.642. The molecule has 4 N–H and O–H groups in total. The lowest BCUT2D eigenvalue weighted by Gasteiger charge is -2.26. The summed E-state index contributed by atoms with van der Waals surface area (Å²) in [6, 6.07) is 5.02. The maximum Gasteiger partial charge on any atom is 0.248 e. The van der Waals surface area contributed by atoms with Crippen LogP contribution >= 0.6 is 0 Å². The number of carbonyl (C=O) groups is 2. The van der Waals surface area contributed by atoms with Gasteiger partial charge in [-0.2, -0.15) is 0 Å². The molecule has 0 spiro atoms. The van der Waals surface area contributed by atoms with Crippen molar-refractivity contribution in [1.29, 1.82) is 0 Å². The van der Waals surface area contributed by atoms with E-state index in [2.05, 4.69) is 10.6 Å². The number of anilines is 1. The third kappa shape index (κ3) is 2.87. The van der Waals surface area contributed by atoms with E-state index in [0.29, 0.717) is 17.9 Å². The Balaban J connectivity index is 2.00. The van der Waals surface area contributed by atoms with Crippen LogP contribution in [0.1, 0.15) is 22.3 Å². The summed E-state index contributed by atoms with van der Waals surface area (Å²) in [6.45, 7) is 3.66. The highest BCUT2D eigenvalue weighted by Gasteiger charge is 2.20. The maximum atomic E-state index is 11.8. The molecule has 1 heterocycles. The van der Waals surface area contributed by atoms with Crippen LogP contribution in [0, 0.1) is 12.8 Å². The van der Waals surface area contributed by atoms with E-state index < -0.39 is 5.91 Å². The standard InChI is InChI=1S/C13H17N3O2/c1-8-4-10(13(14)18)2-3-11(8)16-12(17)5-9-6-15-7-9/h2-4,9,15H,5-7H2,1H3,(H2,14,18)(H,16,17). The second kappa shape index (κ2) is 5.18. The Morgan fingerprint density at radius 1 is 1.44 bits per heavy atom. The van der Waals surface area contributed by atoms with Crippen LogP contribution < -0.4 is 16.4 Å². The third-order valence-electron chi connectivity index (χ3n) is 3.13. The number of carbonyl (C=O) groups excluding carboxylic acids is 2. The van der Waals surface area contributed by atoms with Gasteiger partial charge in [0.05, 0.1) is 0 Å². The number of primary amides is 1. The number of amides is 2.